The van der Waals surface area contributed by atoms with Gasteiger partial charge >= 0.3 is 6.18 Å². The fourth-order valence-electron chi connectivity index (χ4n) is 2.25. The number of carbonyl (C=O) groups is 1. The largest absolute Gasteiger partial charge is 0.453 e. The minimum atomic E-state index is -4.64. The average molecular weight is 350 g/mol. The van der Waals surface area contributed by atoms with Crippen molar-refractivity contribution in [3.8, 4) is 11.3 Å². The molecular formula is C15H13F3N6O. The number of aromatic amines is 2. The van der Waals surface area contributed by atoms with Gasteiger partial charge < -0.3 is 5.32 Å². The first-order chi connectivity index (χ1) is 11.9. The number of hydrogen-bond donors (Lipinski definition) is 3. The molecule has 0 fully saturated rings. The van der Waals surface area contributed by atoms with E-state index in [0.29, 0.717) is 11.3 Å². The Kier molecular flexibility index (Phi) is 4.26. The maximum Gasteiger partial charge on any atom is 0.453 e. The second-order valence-electron chi connectivity index (χ2n) is 5.22. The lowest BCUT2D eigenvalue weighted by Crippen LogP contribution is -2.24. The Hall–Kier alpha value is -3.17. The molecule has 0 radical (unpaired) electrons. The summed E-state index contributed by atoms with van der Waals surface area (Å²) in [5.41, 5.74) is 2.34. The number of benzene rings is 1. The van der Waals surface area contributed by atoms with Crippen LogP contribution in [0.4, 0.5) is 13.2 Å². The average Bonchev–Trinajstić information content (AvgIpc) is 3.20. The molecule has 1 aromatic carbocycles. The summed E-state index contributed by atoms with van der Waals surface area (Å²) in [5, 5.41) is 14.5. The number of rotatable bonds is 4. The minimum absolute atomic E-state index is 0.0962. The molecule has 130 valence electrons. The van der Waals surface area contributed by atoms with Crippen molar-refractivity contribution in [1.82, 2.24) is 30.7 Å². The molecule has 7 nitrogen and oxygen atoms in total. The van der Waals surface area contributed by atoms with Crippen LogP contribution in [0.1, 0.15) is 27.7 Å². The normalized spacial score (nSPS) is 11.5. The number of nitrogens with one attached hydrogen (secondary N) is 3. The summed E-state index contributed by atoms with van der Waals surface area (Å²) in [5.74, 6) is -1.88. The Balaban J connectivity index is 1.70. The standard InChI is InChI=1S/C15H13F3N6O/c1-8-11(9-5-3-2-4-6-9)22-23-12(8)13(25)19-7-10-20-14(24-21-10)15(16,17)18/h2-6H,7H2,1H3,(H,19,25)(H,22,23)(H,20,21,24). The van der Waals surface area contributed by atoms with Gasteiger partial charge in [0.05, 0.1) is 12.2 Å². The maximum absolute atomic E-state index is 12.4. The lowest BCUT2D eigenvalue weighted by atomic mass is 10.1. The van der Waals surface area contributed by atoms with Crippen LogP contribution in [0.15, 0.2) is 30.3 Å². The van der Waals surface area contributed by atoms with Gasteiger partial charge in [-0.3, -0.25) is 15.0 Å². The first kappa shape index (κ1) is 16.7. The summed E-state index contributed by atoms with van der Waals surface area (Å²) < 4.78 is 37.3. The quantitative estimate of drug-likeness (QED) is 0.673. The monoisotopic (exact) mass is 350 g/mol. The van der Waals surface area contributed by atoms with Gasteiger partial charge in [-0.2, -0.15) is 18.3 Å². The van der Waals surface area contributed by atoms with E-state index in [1.165, 1.54) is 0 Å². The zero-order valence-electron chi connectivity index (χ0n) is 13.0. The summed E-state index contributed by atoms with van der Waals surface area (Å²) >= 11 is 0. The zero-order valence-corrected chi connectivity index (χ0v) is 13.0. The van der Waals surface area contributed by atoms with Gasteiger partial charge in [0.2, 0.25) is 0 Å². The van der Waals surface area contributed by atoms with Crippen LogP contribution in [0.2, 0.25) is 0 Å². The topological polar surface area (TPSA) is 99.3 Å². The van der Waals surface area contributed by atoms with Crippen molar-refractivity contribution in [2.24, 2.45) is 0 Å². The molecular weight excluding hydrogens is 337 g/mol. The van der Waals surface area contributed by atoms with E-state index in [4.69, 9.17) is 0 Å². The fraction of sp³-hybridized carbons (Fsp3) is 0.200. The molecule has 2 heterocycles. The van der Waals surface area contributed by atoms with Crippen molar-refractivity contribution >= 4 is 5.91 Å². The molecule has 3 rings (SSSR count). The van der Waals surface area contributed by atoms with E-state index in [1.807, 2.05) is 30.3 Å². The van der Waals surface area contributed by atoms with Crippen LogP contribution >= 0.6 is 0 Å². The molecule has 2 aromatic heterocycles. The Labute approximate surface area is 139 Å². The molecule has 0 aliphatic rings. The van der Waals surface area contributed by atoms with Gasteiger partial charge in [-0.25, -0.2) is 4.98 Å². The summed E-state index contributed by atoms with van der Waals surface area (Å²) in [4.78, 5) is 15.5. The van der Waals surface area contributed by atoms with Gasteiger partial charge in [0.1, 0.15) is 11.5 Å². The molecule has 25 heavy (non-hydrogen) atoms. The van der Waals surface area contributed by atoms with E-state index in [2.05, 4.69) is 30.7 Å². The molecule has 0 aliphatic heterocycles. The third-order valence-electron chi connectivity index (χ3n) is 3.49. The van der Waals surface area contributed by atoms with E-state index >= 15 is 0 Å². The molecule has 10 heteroatoms. The van der Waals surface area contributed by atoms with E-state index < -0.39 is 17.9 Å². The van der Waals surface area contributed by atoms with Crippen molar-refractivity contribution in [2.45, 2.75) is 19.6 Å². The Morgan fingerprint density at radius 3 is 2.52 bits per heavy atom. The number of halogens is 3. The van der Waals surface area contributed by atoms with Crippen LogP contribution in [0.25, 0.3) is 11.3 Å². The van der Waals surface area contributed by atoms with E-state index in [9.17, 15) is 18.0 Å². The smallest absolute Gasteiger partial charge is 0.343 e. The molecule has 0 bridgehead atoms. The van der Waals surface area contributed by atoms with Crippen molar-refractivity contribution in [3.05, 3.63) is 53.2 Å². The Morgan fingerprint density at radius 2 is 1.88 bits per heavy atom. The number of carbonyl (C=O) groups excluding carboxylic acids is 1. The number of hydrogen-bond acceptors (Lipinski definition) is 4. The molecule has 3 aromatic rings. The van der Waals surface area contributed by atoms with Gasteiger partial charge in [0.15, 0.2) is 0 Å². The molecule has 0 saturated carbocycles. The Bertz CT molecular complexity index is 884. The highest BCUT2D eigenvalue weighted by Gasteiger charge is 2.36. The van der Waals surface area contributed by atoms with Crippen LogP contribution < -0.4 is 5.32 Å². The van der Waals surface area contributed by atoms with Gasteiger partial charge in [0, 0.05) is 11.1 Å². The van der Waals surface area contributed by atoms with Crippen molar-refractivity contribution in [1.29, 1.82) is 0 Å². The van der Waals surface area contributed by atoms with E-state index in [1.54, 1.807) is 6.92 Å². The lowest BCUT2D eigenvalue weighted by Gasteiger charge is -2.02. The number of amides is 1. The predicted molar refractivity (Wildman–Crippen MR) is 81.3 cm³/mol. The maximum atomic E-state index is 12.4. The van der Waals surface area contributed by atoms with Crippen LogP contribution in [-0.4, -0.2) is 31.3 Å². The summed E-state index contributed by atoms with van der Waals surface area (Å²) in [6, 6.07) is 9.29. The molecule has 0 spiro atoms. The predicted octanol–water partition coefficient (Wildman–Crippen LogP) is 2.45. The zero-order chi connectivity index (χ0) is 18.0. The molecule has 3 N–H and O–H groups in total. The first-order valence-electron chi connectivity index (χ1n) is 7.23. The third-order valence-corrected chi connectivity index (χ3v) is 3.49. The number of H-pyrrole nitrogens is 2. The number of alkyl halides is 3. The van der Waals surface area contributed by atoms with Crippen LogP contribution in [0.3, 0.4) is 0 Å². The molecule has 0 atom stereocenters. The second kappa shape index (κ2) is 6.38. The fourth-order valence-corrected chi connectivity index (χ4v) is 2.25. The summed E-state index contributed by atoms with van der Waals surface area (Å²) in [7, 11) is 0. The second-order valence-corrected chi connectivity index (χ2v) is 5.22. The molecule has 0 saturated heterocycles. The van der Waals surface area contributed by atoms with E-state index in [-0.39, 0.29) is 18.1 Å². The van der Waals surface area contributed by atoms with Crippen molar-refractivity contribution in [3.63, 3.8) is 0 Å². The van der Waals surface area contributed by atoms with Gasteiger partial charge in [-0.1, -0.05) is 30.3 Å². The van der Waals surface area contributed by atoms with Crippen LogP contribution in [0.5, 0.6) is 0 Å². The lowest BCUT2D eigenvalue weighted by molar-refractivity contribution is -0.144. The van der Waals surface area contributed by atoms with Gasteiger partial charge in [0.25, 0.3) is 11.7 Å². The van der Waals surface area contributed by atoms with Crippen LogP contribution in [-0.2, 0) is 12.7 Å². The minimum Gasteiger partial charge on any atom is -0.343 e. The SMILES string of the molecule is Cc1c(-c2ccccc2)n[nH]c1C(=O)NCc1nc(C(F)(F)F)n[nH]1. The van der Waals surface area contributed by atoms with Crippen molar-refractivity contribution < 1.29 is 18.0 Å². The third kappa shape index (κ3) is 3.52. The highest BCUT2D eigenvalue weighted by molar-refractivity contribution is 5.95. The first-order valence-corrected chi connectivity index (χ1v) is 7.23. The highest BCUT2D eigenvalue weighted by Crippen LogP contribution is 2.25. The summed E-state index contributed by atoms with van der Waals surface area (Å²) in [6.45, 7) is 1.51. The highest BCUT2D eigenvalue weighted by atomic mass is 19.4. The molecule has 1 amide bonds. The number of aromatic nitrogens is 5. The summed E-state index contributed by atoms with van der Waals surface area (Å²) in [6.07, 6.45) is -4.64. The van der Waals surface area contributed by atoms with E-state index in [0.717, 1.165) is 5.56 Å². The van der Waals surface area contributed by atoms with Gasteiger partial charge in [-0.05, 0) is 6.92 Å². The number of nitrogens with zero attached hydrogens (tertiary/aromatic N) is 3. The Morgan fingerprint density at radius 1 is 1.16 bits per heavy atom. The molecule has 0 unspecified atom stereocenters. The van der Waals surface area contributed by atoms with Crippen molar-refractivity contribution in [2.75, 3.05) is 0 Å². The van der Waals surface area contributed by atoms with Crippen LogP contribution in [0, 0.1) is 6.92 Å². The molecule has 0 aliphatic carbocycles. The van der Waals surface area contributed by atoms with Gasteiger partial charge in [-0.15, -0.1) is 5.10 Å².